The van der Waals surface area contributed by atoms with Crippen molar-refractivity contribution in [2.45, 2.75) is 118 Å². The number of rotatable bonds is 16. The fraction of sp³-hybridized carbons (Fsp3) is 0.605. The van der Waals surface area contributed by atoms with Crippen LogP contribution in [0.2, 0.25) is 0 Å². The first-order valence-electron chi connectivity index (χ1n) is 16.6. The van der Waals surface area contributed by atoms with Crippen molar-refractivity contribution in [3.05, 3.63) is 54.1 Å². The summed E-state index contributed by atoms with van der Waals surface area (Å²) >= 11 is 1.70. The molecule has 0 aliphatic heterocycles. The predicted molar refractivity (Wildman–Crippen MR) is 187 cm³/mol. The van der Waals surface area contributed by atoms with Crippen molar-refractivity contribution in [1.29, 1.82) is 0 Å². The number of hydrogen-bond acceptors (Lipinski definition) is 8. The van der Waals surface area contributed by atoms with Crippen LogP contribution in [0.15, 0.2) is 48.5 Å². The third-order valence-electron chi connectivity index (χ3n) is 9.06. The topological polar surface area (TPSA) is 116 Å². The summed E-state index contributed by atoms with van der Waals surface area (Å²) in [6, 6.07) is 16.7. The molecule has 0 amide bonds. The number of carbonyl (C=O) groups excluding carboxylic acids is 1. The number of hydrogen-bond donors (Lipinski definition) is 4. The van der Waals surface area contributed by atoms with Gasteiger partial charge in [-0.25, -0.2) is 0 Å². The zero-order chi connectivity index (χ0) is 34.3. The van der Waals surface area contributed by atoms with Crippen molar-refractivity contribution in [1.82, 2.24) is 0 Å². The zero-order valence-corrected chi connectivity index (χ0v) is 29.8. The average molecular weight is 657 g/mol. The van der Waals surface area contributed by atoms with Crippen LogP contribution in [0.4, 0.5) is 0 Å². The average Bonchev–Trinajstić information content (AvgIpc) is 3.41. The fourth-order valence-electron chi connectivity index (χ4n) is 5.71. The van der Waals surface area contributed by atoms with Gasteiger partial charge in [0.25, 0.3) is 0 Å². The van der Waals surface area contributed by atoms with Gasteiger partial charge in [0.05, 0.1) is 43.0 Å². The highest BCUT2D eigenvalue weighted by atomic mass is 32.1. The van der Waals surface area contributed by atoms with Gasteiger partial charge < -0.3 is 29.9 Å². The molecule has 0 saturated heterocycles. The lowest BCUT2D eigenvalue weighted by atomic mass is 9.61. The Morgan fingerprint density at radius 3 is 2.02 bits per heavy atom. The van der Waals surface area contributed by atoms with Crippen LogP contribution in [0.1, 0.15) is 93.1 Å². The third kappa shape index (κ3) is 10.5. The van der Waals surface area contributed by atoms with E-state index in [1.807, 2.05) is 45.9 Å². The largest absolute Gasteiger partial charge is 0.493 e. The summed E-state index contributed by atoms with van der Waals surface area (Å²) in [7, 11) is 0. The highest BCUT2D eigenvalue weighted by molar-refractivity contribution is 7.22. The number of thiophene rings is 1. The lowest BCUT2D eigenvalue weighted by Gasteiger charge is -2.43. The van der Waals surface area contributed by atoms with E-state index in [1.165, 1.54) is 16.0 Å². The minimum Gasteiger partial charge on any atom is -0.493 e. The maximum Gasteiger partial charge on any atom is 0.312 e. The van der Waals surface area contributed by atoms with Crippen LogP contribution in [-0.2, 0) is 16.0 Å². The van der Waals surface area contributed by atoms with Crippen molar-refractivity contribution in [2.24, 2.45) is 16.2 Å². The van der Waals surface area contributed by atoms with Gasteiger partial charge in [-0.15, -0.1) is 11.3 Å². The number of ether oxygens (including phenoxy) is 2. The molecule has 0 spiro atoms. The molecule has 5 atom stereocenters. The van der Waals surface area contributed by atoms with Gasteiger partial charge in [0, 0.05) is 22.4 Å². The molecule has 2 aromatic carbocycles. The molecule has 7 nitrogen and oxygen atoms in total. The molecule has 0 aliphatic carbocycles. The summed E-state index contributed by atoms with van der Waals surface area (Å²) in [5, 5.41) is 43.0. The number of aliphatic hydroxyl groups excluding tert-OH is 4. The van der Waals surface area contributed by atoms with E-state index >= 15 is 0 Å². The van der Waals surface area contributed by atoms with Crippen LogP contribution in [0.5, 0.6) is 5.75 Å². The lowest BCUT2D eigenvalue weighted by Crippen LogP contribution is -2.44. The maximum absolute atomic E-state index is 13.1. The van der Waals surface area contributed by atoms with E-state index in [0.29, 0.717) is 18.6 Å². The second-order valence-corrected chi connectivity index (χ2v) is 16.2. The third-order valence-corrected chi connectivity index (χ3v) is 10.2. The molecular formula is C38H56O7S. The molecule has 1 aromatic heterocycles. The molecule has 1 heterocycles. The first kappa shape index (κ1) is 38.0. The fourth-order valence-corrected chi connectivity index (χ4v) is 6.81. The van der Waals surface area contributed by atoms with Crippen LogP contribution < -0.4 is 4.74 Å². The molecule has 0 fully saturated rings. The zero-order valence-electron chi connectivity index (χ0n) is 29.0. The lowest BCUT2D eigenvalue weighted by molar-refractivity contribution is -0.165. The minimum absolute atomic E-state index is 0.0520. The molecule has 3 rings (SSSR count). The van der Waals surface area contributed by atoms with Gasteiger partial charge in [0.1, 0.15) is 5.75 Å². The van der Waals surface area contributed by atoms with Crippen molar-refractivity contribution in [3.8, 4) is 16.2 Å². The van der Waals surface area contributed by atoms with Gasteiger partial charge in [-0.3, -0.25) is 4.79 Å². The molecule has 256 valence electrons. The summed E-state index contributed by atoms with van der Waals surface area (Å²) in [6.45, 7) is 16.8. The second kappa shape index (κ2) is 16.1. The Bertz CT molecular complexity index is 1380. The Kier molecular flexibility index (Phi) is 13.3. The summed E-state index contributed by atoms with van der Waals surface area (Å²) in [5.41, 5.74) is 1.48. The Labute approximate surface area is 279 Å². The van der Waals surface area contributed by atoms with Crippen LogP contribution in [0.25, 0.3) is 20.5 Å². The molecule has 3 aromatic rings. The SMILES string of the molecule is CCc1ccc(-c2cc3ccc(OCCC(O)C(O)CC(O)C(O)CCCOC(=O)C(C)(CC(C)(C)C)C(C)(C)C)cc3s2)cc1. The molecule has 46 heavy (non-hydrogen) atoms. The van der Waals surface area contributed by atoms with Crippen LogP contribution in [-0.4, -0.2) is 64.0 Å². The van der Waals surface area contributed by atoms with Gasteiger partial charge in [-0.05, 0) is 84.2 Å². The summed E-state index contributed by atoms with van der Waals surface area (Å²) in [6.07, 6.45) is -2.45. The normalized spacial score (nSPS) is 16.4. The number of aliphatic hydroxyl groups is 4. The summed E-state index contributed by atoms with van der Waals surface area (Å²) < 4.78 is 12.6. The number of fused-ring (bicyclic) bond motifs is 1. The first-order valence-corrected chi connectivity index (χ1v) is 17.4. The number of aryl methyl sites for hydroxylation is 1. The quantitative estimate of drug-likeness (QED) is 0.0930. The van der Waals surface area contributed by atoms with Crippen LogP contribution in [0, 0.1) is 16.2 Å². The van der Waals surface area contributed by atoms with Gasteiger partial charge in [-0.1, -0.05) is 72.7 Å². The van der Waals surface area contributed by atoms with Gasteiger partial charge >= 0.3 is 5.97 Å². The van der Waals surface area contributed by atoms with E-state index in [2.05, 4.69) is 58.0 Å². The molecule has 0 radical (unpaired) electrons. The second-order valence-electron chi connectivity index (χ2n) is 15.1. The predicted octanol–water partition coefficient (Wildman–Crippen LogP) is 7.55. The van der Waals surface area contributed by atoms with Crippen molar-refractivity contribution in [3.63, 3.8) is 0 Å². The highest BCUT2D eigenvalue weighted by Gasteiger charge is 2.47. The molecule has 0 saturated carbocycles. The van der Waals surface area contributed by atoms with Crippen molar-refractivity contribution in [2.75, 3.05) is 13.2 Å². The van der Waals surface area contributed by atoms with Crippen LogP contribution >= 0.6 is 11.3 Å². The molecule has 0 bridgehead atoms. The van der Waals surface area contributed by atoms with E-state index < -0.39 is 29.8 Å². The number of esters is 1. The molecule has 0 aliphatic rings. The minimum atomic E-state index is -1.23. The summed E-state index contributed by atoms with van der Waals surface area (Å²) in [4.78, 5) is 14.3. The first-order chi connectivity index (χ1) is 21.4. The number of carbonyl (C=O) groups is 1. The van der Waals surface area contributed by atoms with Gasteiger partial charge in [0.2, 0.25) is 0 Å². The maximum atomic E-state index is 13.1. The van der Waals surface area contributed by atoms with E-state index in [4.69, 9.17) is 9.47 Å². The van der Waals surface area contributed by atoms with E-state index in [-0.39, 0.29) is 49.3 Å². The number of benzene rings is 2. The molecule has 4 N–H and O–H groups in total. The highest BCUT2D eigenvalue weighted by Crippen LogP contribution is 2.47. The Balaban J connectivity index is 1.41. The Morgan fingerprint density at radius 2 is 1.43 bits per heavy atom. The standard InChI is InChI=1S/C38H56O7S/c1-9-25-12-14-26(15-13-25)33-21-27-16-17-28(22-34(27)46-33)44-20-18-30(40)32(42)23-31(41)29(39)11-10-19-45-35(43)38(8,37(5,6)7)24-36(2,3)4/h12-17,21-22,29-32,39-42H,9-11,18-20,23-24H2,1-8H3. The monoisotopic (exact) mass is 656 g/mol. The van der Waals surface area contributed by atoms with Crippen molar-refractivity contribution < 1.29 is 34.7 Å². The smallest absolute Gasteiger partial charge is 0.312 e. The summed E-state index contributed by atoms with van der Waals surface area (Å²) in [5.74, 6) is 0.421. The Hall–Kier alpha value is -2.49. The van der Waals surface area contributed by atoms with Crippen LogP contribution in [0.3, 0.4) is 0 Å². The molecule has 8 heteroatoms. The van der Waals surface area contributed by atoms with E-state index in [1.54, 1.807) is 11.3 Å². The van der Waals surface area contributed by atoms with E-state index in [9.17, 15) is 25.2 Å². The molecule has 5 unspecified atom stereocenters. The van der Waals surface area contributed by atoms with Gasteiger partial charge in [0.15, 0.2) is 0 Å². The molecular weight excluding hydrogens is 600 g/mol. The van der Waals surface area contributed by atoms with Crippen molar-refractivity contribution >= 4 is 27.4 Å². The van der Waals surface area contributed by atoms with Gasteiger partial charge in [-0.2, -0.15) is 0 Å². The Morgan fingerprint density at radius 1 is 0.804 bits per heavy atom. The van der Waals surface area contributed by atoms with E-state index in [0.717, 1.165) is 16.5 Å².